The number of para-hydroxylation sites is 2. The van der Waals surface area contributed by atoms with E-state index in [9.17, 15) is 0 Å². The molecule has 0 bridgehead atoms. The lowest BCUT2D eigenvalue weighted by molar-refractivity contribution is 0.246. The van der Waals surface area contributed by atoms with Crippen LogP contribution in [-0.2, 0) is 0 Å². The topological polar surface area (TPSA) is 32.5 Å². The Balaban J connectivity index is 1.27. The minimum Gasteiger partial charge on any atom is -0.464 e. The van der Waals surface area contributed by atoms with Crippen molar-refractivity contribution < 1.29 is 4.42 Å². The molecule has 1 atom stereocenters. The molecule has 1 unspecified atom stereocenters. The van der Waals surface area contributed by atoms with Gasteiger partial charge in [0.1, 0.15) is 5.58 Å². The van der Waals surface area contributed by atoms with E-state index in [-0.39, 0.29) is 0 Å². The number of hydrogen-bond donors (Lipinski definition) is 0. The number of aromatic nitrogens is 1. The Morgan fingerprint density at radius 3 is 2.68 bits per heavy atom. The van der Waals surface area contributed by atoms with Crippen molar-refractivity contribution in [3.8, 4) is 0 Å². The second-order valence-electron chi connectivity index (χ2n) is 7.73. The number of rotatable bonds is 4. The summed E-state index contributed by atoms with van der Waals surface area (Å²) in [6.07, 6.45) is 3.83. The van der Waals surface area contributed by atoms with E-state index in [0.29, 0.717) is 5.92 Å². The zero-order valence-corrected chi connectivity index (χ0v) is 16.2. The molecule has 1 fully saturated rings. The highest BCUT2D eigenvalue weighted by molar-refractivity contribution is 5.90. The summed E-state index contributed by atoms with van der Waals surface area (Å²) >= 11 is 0. The molecule has 0 spiro atoms. The summed E-state index contributed by atoms with van der Waals surface area (Å²) in [6, 6.07) is 18.9. The third-order valence-corrected chi connectivity index (χ3v) is 5.90. The van der Waals surface area contributed by atoms with Crippen molar-refractivity contribution in [3.05, 3.63) is 72.6 Å². The lowest BCUT2D eigenvalue weighted by Crippen LogP contribution is -2.47. The summed E-state index contributed by atoms with van der Waals surface area (Å²) in [5.74, 6) is 0.453. The van der Waals surface area contributed by atoms with E-state index in [4.69, 9.17) is 4.42 Å². The molecule has 1 aliphatic heterocycles. The first kappa shape index (κ1) is 17.3. The van der Waals surface area contributed by atoms with Crippen LogP contribution < -0.4 is 4.90 Å². The Morgan fingerprint density at radius 2 is 1.79 bits per heavy atom. The number of hydrogen-bond acceptors (Lipinski definition) is 4. The Morgan fingerprint density at radius 1 is 0.964 bits per heavy atom. The first-order valence-electron chi connectivity index (χ1n) is 10.1. The third kappa shape index (κ3) is 3.14. The van der Waals surface area contributed by atoms with Crippen molar-refractivity contribution in [2.75, 3.05) is 37.6 Å². The average molecular weight is 371 g/mol. The van der Waals surface area contributed by atoms with Gasteiger partial charge in [-0.2, -0.15) is 0 Å². The number of furan rings is 1. The smallest absolute Gasteiger partial charge is 0.134 e. The average Bonchev–Trinajstić information content (AvgIpc) is 3.18. The van der Waals surface area contributed by atoms with E-state index in [2.05, 4.69) is 58.1 Å². The molecule has 0 amide bonds. The zero-order chi connectivity index (χ0) is 18.9. The SMILES string of the molecule is CC(CN1CCN(c2cccc3cccnc23)CC1)c1coc2ccccc12. The van der Waals surface area contributed by atoms with E-state index < -0.39 is 0 Å². The molecule has 0 aliphatic carbocycles. The molecule has 0 radical (unpaired) electrons. The van der Waals surface area contributed by atoms with Crippen LogP contribution in [0.15, 0.2) is 71.5 Å². The van der Waals surface area contributed by atoms with E-state index in [1.165, 1.54) is 22.0 Å². The maximum absolute atomic E-state index is 5.74. The van der Waals surface area contributed by atoms with Crippen LogP contribution in [-0.4, -0.2) is 42.6 Å². The van der Waals surface area contributed by atoms with Crippen molar-refractivity contribution >= 4 is 27.6 Å². The molecule has 5 rings (SSSR count). The summed E-state index contributed by atoms with van der Waals surface area (Å²) in [5, 5.41) is 2.46. The van der Waals surface area contributed by atoms with Crippen LogP contribution in [0.25, 0.3) is 21.9 Å². The number of benzene rings is 2. The fourth-order valence-electron chi connectivity index (χ4n) is 4.38. The molecular weight excluding hydrogens is 346 g/mol. The van der Waals surface area contributed by atoms with Crippen LogP contribution in [0.3, 0.4) is 0 Å². The molecule has 28 heavy (non-hydrogen) atoms. The number of fused-ring (bicyclic) bond motifs is 2. The standard InChI is InChI=1S/C24H25N3O/c1-18(21-17-28-23-10-3-2-8-20(21)23)16-26-12-14-27(15-13-26)22-9-4-6-19-7-5-11-25-24(19)22/h2-11,17-18H,12-16H2,1H3. The summed E-state index contributed by atoms with van der Waals surface area (Å²) in [5.41, 5.74) is 4.66. The predicted molar refractivity (Wildman–Crippen MR) is 115 cm³/mol. The predicted octanol–water partition coefficient (Wildman–Crippen LogP) is 4.91. The minimum atomic E-state index is 0.453. The lowest BCUT2D eigenvalue weighted by Gasteiger charge is -2.37. The fourth-order valence-corrected chi connectivity index (χ4v) is 4.38. The Kier molecular flexibility index (Phi) is 4.49. The molecule has 0 saturated carbocycles. The highest BCUT2D eigenvalue weighted by Crippen LogP contribution is 2.29. The molecule has 4 heteroatoms. The zero-order valence-electron chi connectivity index (χ0n) is 16.2. The Bertz CT molecular complexity index is 1090. The number of nitrogens with zero attached hydrogens (tertiary/aromatic N) is 3. The maximum Gasteiger partial charge on any atom is 0.134 e. The molecular formula is C24H25N3O. The van der Waals surface area contributed by atoms with Crippen molar-refractivity contribution in [2.45, 2.75) is 12.8 Å². The molecule has 2 aromatic heterocycles. The summed E-state index contributed by atoms with van der Waals surface area (Å²) in [4.78, 5) is 9.67. The van der Waals surface area contributed by atoms with Gasteiger partial charge in [0.25, 0.3) is 0 Å². The number of pyridine rings is 1. The van der Waals surface area contributed by atoms with Crippen molar-refractivity contribution in [2.24, 2.45) is 0 Å². The first-order valence-corrected chi connectivity index (χ1v) is 10.1. The van der Waals surface area contributed by atoms with Gasteiger partial charge in [-0.25, -0.2) is 0 Å². The van der Waals surface area contributed by atoms with Gasteiger partial charge in [0.2, 0.25) is 0 Å². The fraction of sp³-hybridized carbons (Fsp3) is 0.292. The van der Waals surface area contributed by atoms with Gasteiger partial charge in [0.05, 0.1) is 17.5 Å². The molecule has 4 aromatic rings. The molecule has 1 aliphatic rings. The molecule has 3 heterocycles. The van der Waals surface area contributed by atoms with E-state index >= 15 is 0 Å². The quantitative estimate of drug-likeness (QED) is 0.510. The number of piperazine rings is 1. The van der Waals surface area contributed by atoms with Crippen LogP contribution in [0.2, 0.25) is 0 Å². The minimum absolute atomic E-state index is 0.453. The van der Waals surface area contributed by atoms with Gasteiger partial charge in [-0.05, 0) is 24.1 Å². The van der Waals surface area contributed by atoms with Gasteiger partial charge in [-0.3, -0.25) is 9.88 Å². The summed E-state index contributed by atoms with van der Waals surface area (Å²) in [6.45, 7) is 7.58. The van der Waals surface area contributed by atoms with Gasteiger partial charge in [-0.1, -0.05) is 43.3 Å². The second-order valence-corrected chi connectivity index (χ2v) is 7.73. The largest absolute Gasteiger partial charge is 0.464 e. The lowest BCUT2D eigenvalue weighted by atomic mass is 9.99. The molecule has 0 N–H and O–H groups in total. The summed E-state index contributed by atoms with van der Waals surface area (Å²) < 4.78 is 5.74. The van der Waals surface area contributed by atoms with Gasteiger partial charge in [0, 0.05) is 55.3 Å². The molecule has 142 valence electrons. The molecule has 2 aromatic carbocycles. The highest BCUT2D eigenvalue weighted by atomic mass is 16.3. The van der Waals surface area contributed by atoms with Gasteiger partial charge < -0.3 is 9.32 Å². The number of anilines is 1. The summed E-state index contributed by atoms with van der Waals surface area (Å²) in [7, 11) is 0. The van der Waals surface area contributed by atoms with E-state index in [1.807, 2.05) is 30.7 Å². The van der Waals surface area contributed by atoms with Crippen LogP contribution >= 0.6 is 0 Å². The second kappa shape index (κ2) is 7.28. The monoisotopic (exact) mass is 371 g/mol. The highest BCUT2D eigenvalue weighted by Gasteiger charge is 2.22. The van der Waals surface area contributed by atoms with Crippen molar-refractivity contribution in [1.29, 1.82) is 0 Å². The van der Waals surface area contributed by atoms with Crippen molar-refractivity contribution in [3.63, 3.8) is 0 Å². The van der Waals surface area contributed by atoms with Crippen LogP contribution in [0.1, 0.15) is 18.4 Å². The van der Waals surface area contributed by atoms with Gasteiger partial charge in [0.15, 0.2) is 0 Å². The van der Waals surface area contributed by atoms with E-state index in [1.54, 1.807) is 0 Å². The first-order chi connectivity index (χ1) is 13.8. The Hall–Kier alpha value is -2.85. The third-order valence-electron chi connectivity index (χ3n) is 5.90. The van der Waals surface area contributed by atoms with Crippen molar-refractivity contribution in [1.82, 2.24) is 9.88 Å². The van der Waals surface area contributed by atoms with Gasteiger partial charge in [-0.15, -0.1) is 0 Å². The van der Waals surface area contributed by atoms with Gasteiger partial charge >= 0.3 is 0 Å². The molecule has 1 saturated heterocycles. The van der Waals surface area contributed by atoms with Crippen LogP contribution in [0, 0.1) is 0 Å². The maximum atomic E-state index is 5.74. The van der Waals surface area contributed by atoms with Crippen LogP contribution in [0.5, 0.6) is 0 Å². The normalized spacial score (nSPS) is 16.7. The van der Waals surface area contributed by atoms with Crippen LogP contribution in [0.4, 0.5) is 5.69 Å². The Labute approximate surface area is 165 Å². The molecule has 4 nitrogen and oxygen atoms in total. The van der Waals surface area contributed by atoms with E-state index in [0.717, 1.165) is 43.8 Å².